The zero-order chi connectivity index (χ0) is 32.1. The van der Waals surface area contributed by atoms with E-state index in [0.29, 0.717) is 21.8 Å². The molecule has 0 radical (unpaired) electrons. The van der Waals surface area contributed by atoms with Crippen molar-refractivity contribution in [1.29, 1.82) is 5.26 Å². The molecule has 11 nitrogen and oxygen atoms in total. The lowest BCUT2D eigenvalue weighted by atomic mass is 10.00. The number of hydrogen-bond acceptors (Lipinski definition) is 10. The Balaban J connectivity index is 1.47. The number of esters is 1. The van der Waals surface area contributed by atoms with Crippen LogP contribution in [0.2, 0.25) is 5.02 Å². The third-order valence-corrected chi connectivity index (χ3v) is 7.28. The molecule has 44 heavy (non-hydrogen) atoms. The Labute approximate surface area is 255 Å². The van der Waals surface area contributed by atoms with Crippen molar-refractivity contribution in [3.8, 4) is 22.9 Å². The Kier molecular flexibility index (Phi) is 8.12. The molecule has 15 heteroatoms. The van der Waals surface area contributed by atoms with Gasteiger partial charge in [-0.2, -0.15) is 10.3 Å². The third-order valence-electron chi connectivity index (χ3n) is 7.04. The summed E-state index contributed by atoms with van der Waals surface area (Å²) in [6, 6.07) is 13.0. The van der Waals surface area contributed by atoms with Gasteiger partial charge in [-0.15, -0.1) is 18.3 Å². The van der Waals surface area contributed by atoms with E-state index < -0.39 is 41.9 Å². The number of rotatable bonds is 7. The highest BCUT2D eigenvalue weighted by molar-refractivity contribution is 6.31. The minimum atomic E-state index is -4.96. The lowest BCUT2D eigenvalue weighted by Crippen LogP contribution is -2.45. The number of nitriles is 1. The van der Waals surface area contributed by atoms with Gasteiger partial charge in [0.2, 0.25) is 0 Å². The molecule has 0 saturated carbocycles. The van der Waals surface area contributed by atoms with E-state index in [1.165, 1.54) is 76.5 Å². The van der Waals surface area contributed by atoms with Gasteiger partial charge in [-0.25, -0.2) is 15.8 Å². The summed E-state index contributed by atoms with van der Waals surface area (Å²) in [4.78, 5) is 25.9. The SMILES string of the molecule is COc1cn(C2CC(OC(F)(F)F)N3C2N3N(N)c2ccc(C(=O)OC(C)(C)C)cc2)c(=O)cc1-c1cc(Cl)ccc1C#N. The molecule has 232 valence electrons. The first kappa shape index (κ1) is 31.3. The summed E-state index contributed by atoms with van der Waals surface area (Å²) in [5, 5.41) is 13.6. The molecule has 0 aliphatic carbocycles. The van der Waals surface area contributed by atoms with Gasteiger partial charge in [0.25, 0.3) is 5.56 Å². The minimum absolute atomic E-state index is 0.199. The molecule has 5 atom stereocenters. The fourth-order valence-corrected chi connectivity index (χ4v) is 5.39. The van der Waals surface area contributed by atoms with E-state index in [0.717, 1.165) is 5.12 Å². The van der Waals surface area contributed by atoms with Crippen LogP contribution >= 0.6 is 11.6 Å². The summed E-state index contributed by atoms with van der Waals surface area (Å²) < 4.78 is 56.7. The van der Waals surface area contributed by atoms with E-state index in [4.69, 9.17) is 26.9 Å². The number of halogens is 4. The summed E-state index contributed by atoms with van der Waals surface area (Å²) in [5.74, 6) is 5.99. The van der Waals surface area contributed by atoms with Crippen LogP contribution in [-0.4, -0.2) is 52.1 Å². The molecule has 3 aromatic rings. The van der Waals surface area contributed by atoms with Crippen LogP contribution in [0.5, 0.6) is 5.75 Å². The molecule has 2 aliphatic rings. The highest BCUT2D eigenvalue weighted by Crippen LogP contribution is 2.50. The molecule has 5 unspecified atom stereocenters. The average molecular weight is 633 g/mol. The molecule has 3 heterocycles. The number of anilines is 1. The summed E-state index contributed by atoms with van der Waals surface area (Å²) in [7, 11) is 1.37. The zero-order valence-corrected chi connectivity index (χ0v) is 24.8. The fourth-order valence-electron chi connectivity index (χ4n) is 5.21. The van der Waals surface area contributed by atoms with Gasteiger partial charge in [-0.3, -0.25) is 9.53 Å². The number of pyridine rings is 1. The molecule has 1 aromatic heterocycles. The smallest absolute Gasteiger partial charge is 0.495 e. The second kappa shape index (κ2) is 11.4. The van der Waals surface area contributed by atoms with Crippen LogP contribution in [0, 0.1) is 11.3 Å². The van der Waals surface area contributed by atoms with Crippen LogP contribution in [0.15, 0.2) is 59.5 Å². The number of methoxy groups -OCH3 is 1. The Morgan fingerprint density at radius 1 is 1.11 bits per heavy atom. The molecule has 2 aromatic carbocycles. The van der Waals surface area contributed by atoms with Gasteiger partial charge in [0.05, 0.1) is 42.2 Å². The van der Waals surface area contributed by atoms with Crippen LogP contribution in [0.4, 0.5) is 18.9 Å². The van der Waals surface area contributed by atoms with Gasteiger partial charge in [0, 0.05) is 28.6 Å². The monoisotopic (exact) mass is 632 g/mol. The van der Waals surface area contributed by atoms with Gasteiger partial charge < -0.3 is 14.0 Å². The third kappa shape index (κ3) is 6.23. The molecule has 2 aliphatic heterocycles. The molecule has 2 fully saturated rings. The number of hydrazine groups is 3. The predicted molar refractivity (Wildman–Crippen MR) is 153 cm³/mol. The van der Waals surface area contributed by atoms with Crippen molar-refractivity contribution in [2.24, 2.45) is 5.84 Å². The first-order valence-corrected chi connectivity index (χ1v) is 13.7. The first-order valence-electron chi connectivity index (χ1n) is 13.3. The van der Waals surface area contributed by atoms with Crippen molar-refractivity contribution in [3.63, 3.8) is 0 Å². The molecule has 0 amide bonds. The molecular weight excluding hydrogens is 605 g/mol. The lowest BCUT2D eigenvalue weighted by molar-refractivity contribution is -0.356. The van der Waals surface area contributed by atoms with Crippen molar-refractivity contribution in [2.75, 3.05) is 12.2 Å². The maximum Gasteiger partial charge on any atom is 0.524 e. The molecule has 5 rings (SSSR count). The Morgan fingerprint density at radius 2 is 1.80 bits per heavy atom. The molecule has 0 spiro atoms. The van der Waals surface area contributed by atoms with Gasteiger partial charge in [0.15, 0.2) is 0 Å². The molecule has 2 N–H and O–H groups in total. The van der Waals surface area contributed by atoms with Crippen LogP contribution in [-0.2, 0) is 9.47 Å². The average Bonchev–Trinajstić information content (AvgIpc) is 3.59. The van der Waals surface area contributed by atoms with Crippen LogP contribution in [0.1, 0.15) is 49.2 Å². The number of carbonyl (C=O) groups excluding carboxylic acids is 1. The van der Waals surface area contributed by atoms with E-state index in [1.54, 1.807) is 20.8 Å². The number of hydrogen-bond donors (Lipinski definition) is 1. The number of carbonyl (C=O) groups is 1. The van der Waals surface area contributed by atoms with E-state index in [2.05, 4.69) is 10.8 Å². The fraction of sp³-hybridized carbons (Fsp3) is 0.345. The van der Waals surface area contributed by atoms with Crippen molar-refractivity contribution in [2.45, 2.75) is 57.6 Å². The van der Waals surface area contributed by atoms with E-state index in [9.17, 15) is 28.0 Å². The summed E-state index contributed by atoms with van der Waals surface area (Å²) in [6.45, 7) is 5.21. The highest BCUT2D eigenvalue weighted by atomic mass is 35.5. The van der Waals surface area contributed by atoms with Gasteiger partial charge in [0.1, 0.15) is 23.7 Å². The van der Waals surface area contributed by atoms with Crippen molar-refractivity contribution in [1.82, 2.24) is 14.7 Å². The van der Waals surface area contributed by atoms with Crippen molar-refractivity contribution < 1.29 is 32.2 Å². The van der Waals surface area contributed by atoms with E-state index in [1.807, 2.05) is 0 Å². The Morgan fingerprint density at radius 3 is 2.39 bits per heavy atom. The number of aromatic nitrogens is 1. The van der Waals surface area contributed by atoms with Gasteiger partial charge >= 0.3 is 12.3 Å². The summed E-state index contributed by atoms with van der Waals surface area (Å²) >= 11 is 6.14. The highest BCUT2D eigenvalue weighted by Gasteiger charge is 2.65. The molecule has 0 bridgehead atoms. The number of nitrogens with zero attached hydrogens (tertiary/aromatic N) is 5. The first-order chi connectivity index (χ1) is 20.6. The molecular formula is C29H28ClF3N6O5. The Hall–Kier alpha value is -4.13. The number of fused-ring (bicyclic) bond motifs is 1. The normalized spacial score (nSPS) is 22.6. The zero-order valence-electron chi connectivity index (χ0n) is 24.0. The predicted octanol–water partition coefficient (Wildman–Crippen LogP) is 4.97. The topological polar surface area (TPSA) is 126 Å². The van der Waals surface area contributed by atoms with Gasteiger partial charge in [-0.05, 0) is 63.2 Å². The van der Waals surface area contributed by atoms with Crippen molar-refractivity contribution in [3.05, 3.63) is 81.2 Å². The van der Waals surface area contributed by atoms with E-state index >= 15 is 0 Å². The summed E-state index contributed by atoms with van der Waals surface area (Å²) in [5.41, 5.74) is 0.263. The standard InChI is InChI=1S/C29H28ClF3N6O5/c1-28(2,3)44-27(41)16-6-9-19(10-7-16)38(35)39-26-22(13-25(37(26)39)43-29(31,32)33)36-15-23(42-4)21(12-24(36)40)20-11-18(30)8-5-17(20)14-34/h5-12,15,22,25-26H,13,35H2,1-4H3. The summed E-state index contributed by atoms with van der Waals surface area (Å²) in [6.07, 6.45) is -6.07. The Bertz CT molecular complexity index is 1690. The number of alkyl halides is 3. The minimum Gasteiger partial charge on any atom is -0.495 e. The number of nitrogens with two attached hydrogens (primary N) is 1. The quantitative estimate of drug-likeness (QED) is 0.165. The van der Waals surface area contributed by atoms with Crippen LogP contribution in [0.3, 0.4) is 0 Å². The second-order valence-corrected chi connectivity index (χ2v) is 11.6. The second-order valence-electron chi connectivity index (χ2n) is 11.1. The van der Waals surface area contributed by atoms with Crippen LogP contribution in [0.25, 0.3) is 11.1 Å². The van der Waals surface area contributed by atoms with Crippen molar-refractivity contribution >= 4 is 23.3 Å². The van der Waals surface area contributed by atoms with Gasteiger partial charge in [-0.1, -0.05) is 11.6 Å². The van der Waals surface area contributed by atoms with Crippen LogP contribution < -0.4 is 21.3 Å². The maximum absolute atomic E-state index is 13.5. The largest absolute Gasteiger partial charge is 0.524 e. The van der Waals surface area contributed by atoms with E-state index in [-0.39, 0.29) is 23.3 Å². The number of ether oxygens (including phenoxy) is 3. The number of benzene rings is 2. The maximum atomic E-state index is 13.5. The molecule has 2 saturated heterocycles. The lowest BCUT2D eigenvalue weighted by Gasteiger charge is -2.28.